The molecule has 0 heterocycles. The minimum atomic E-state index is -0.00177. The van der Waals surface area contributed by atoms with Gasteiger partial charge in [-0.15, -0.1) is 0 Å². The zero-order chi connectivity index (χ0) is 16.4. The maximum absolute atomic E-state index is 12.5. The van der Waals surface area contributed by atoms with Gasteiger partial charge in [0.05, 0.1) is 6.10 Å². The second-order valence-corrected chi connectivity index (χ2v) is 9.34. The predicted molar refractivity (Wildman–Crippen MR) is 92.1 cm³/mol. The highest BCUT2D eigenvalue weighted by molar-refractivity contribution is 5.87. The lowest BCUT2D eigenvalue weighted by Crippen LogP contribution is -2.51. The molecule has 3 saturated carbocycles. The van der Waals surface area contributed by atoms with Crippen LogP contribution in [0.4, 0.5) is 0 Å². The van der Waals surface area contributed by atoms with E-state index in [0.29, 0.717) is 29.1 Å². The van der Waals surface area contributed by atoms with Crippen molar-refractivity contribution >= 4 is 5.78 Å². The highest BCUT2D eigenvalue weighted by Crippen LogP contribution is 2.64. The Kier molecular flexibility index (Phi) is 3.58. The van der Waals surface area contributed by atoms with Crippen molar-refractivity contribution in [2.45, 2.75) is 71.8 Å². The Balaban J connectivity index is 1.67. The van der Waals surface area contributed by atoms with E-state index in [0.717, 1.165) is 37.5 Å². The molecular formula is C21H32O2. The number of Topliss-reactive ketones (excluding diaryl/α,β-unsaturated/α-hetero) is 1. The molecule has 3 fully saturated rings. The molecular weight excluding hydrogens is 284 g/mol. The van der Waals surface area contributed by atoms with Crippen molar-refractivity contribution in [2.75, 3.05) is 7.11 Å². The van der Waals surface area contributed by atoms with E-state index in [-0.39, 0.29) is 5.41 Å². The molecule has 2 nitrogen and oxygen atoms in total. The molecule has 2 heteroatoms. The summed E-state index contributed by atoms with van der Waals surface area (Å²) in [6, 6.07) is 0. The van der Waals surface area contributed by atoms with Crippen LogP contribution in [-0.2, 0) is 9.53 Å². The van der Waals surface area contributed by atoms with Crippen molar-refractivity contribution < 1.29 is 9.53 Å². The Morgan fingerprint density at radius 3 is 2.65 bits per heavy atom. The first kappa shape index (κ1) is 15.9. The van der Waals surface area contributed by atoms with Gasteiger partial charge in [0, 0.05) is 18.9 Å². The van der Waals surface area contributed by atoms with Crippen LogP contribution in [0, 0.1) is 34.5 Å². The maximum atomic E-state index is 12.5. The van der Waals surface area contributed by atoms with Crippen LogP contribution in [0.15, 0.2) is 11.6 Å². The Morgan fingerprint density at radius 2 is 1.91 bits per heavy atom. The lowest BCUT2D eigenvalue weighted by atomic mass is 9.47. The second kappa shape index (κ2) is 5.18. The summed E-state index contributed by atoms with van der Waals surface area (Å²) in [4.78, 5) is 12.5. The van der Waals surface area contributed by atoms with E-state index in [2.05, 4.69) is 26.8 Å². The number of rotatable bonds is 1. The van der Waals surface area contributed by atoms with Crippen molar-refractivity contribution in [3.05, 3.63) is 11.6 Å². The summed E-state index contributed by atoms with van der Waals surface area (Å²) in [5, 5.41) is 0. The van der Waals surface area contributed by atoms with Crippen LogP contribution in [0.2, 0.25) is 0 Å². The van der Waals surface area contributed by atoms with Crippen molar-refractivity contribution in [1.82, 2.24) is 0 Å². The first-order chi connectivity index (χ1) is 10.9. The first-order valence-electron chi connectivity index (χ1n) is 9.66. The van der Waals surface area contributed by atoms with Crippen LogP contribution in [0.25, 0.3) is 0 Å². The molecule has 2 unspecified atom stereocenters. The molecule has 128 valence electrons. The predicted octanol–water partition coefficient (Wildman–Crippen LogP) is 4.78. The number of carbonyl (C=O) groups excluding carboxylic acids is 1. The van der Waals surface area contributed by atoms with Gasteiger partial charge in [-0.1, -0.05) is 32.4 Å². The standard InChI is InChI=1S/C21H32O2/c1-13-12-21(3)14(11-18(13)23-4)5-6-15-16-7-8-19(22)20(16,2)10-9-17(15)21/h5,13,15-18H,6-12H2,1-4H3/t13?,15-,16-,17+,18?,20-,21-/m0/s1. The first-order valence-corrected chi connectivity index (χ1v) is 9.66. The molecule has 4 rings (SSSR count). The van der Waals surface area contributed by atoms with E-state index in [1.807, 2.05) is 7.11 Å². The van der Waals surface area contributed by atoms with E-state index in [1.54, 1.807) is 5.57 Å². The highest BCUT2D eigenvalue weighted by atomic mass is 16.5. The summed E-state index contributed by atoms with van der Waals surface area (Å²) in [5.74, 6) is 3.35. The average molecular weight is 316 g/mol. The molecule has 0 radical (unpaired) electrons. The summed E-state index contributed by atoms with van der Waals surface area (Å²) in [5.41, 5.74) is 2.01. The molecule has 23 heavy (non-hydrogen) atoms. The molecule has 0 aromatic heterocycles. The van der Waals surface area contributed by atoms with Crippen LogP contribution in [0.5, 0.6) is 0 Å². The largest absolute Gasteiger partial charge is 0.381 e. The number of ether oxygens (including phenoxy) is 1. The lowest BCUT2D eigenvalue weighted by molar-refractivity contribution is -0.132. The minimum Gasteiger partial charge on any atom is -0.381 e. The third kappa shape index (κ3) is 2.06. The normalized spacial score (nSPS) is 52.4. The van der Waals surface area contributed by atoms with Gasteiger partial charge in [0.25, 0.3) is 0 Å². The summed E-state index contributed by atoms with van der Waals surface area (Å²) >= 11 is 0. The summed E-state index contributed by atoms with van der Waals surface area (Å²) in [6.45, 7) is 7.17. The van der Waals surface area contributed by atoms with Crippen molar-refractivity contribution in [3.63, 3.8) is 0 Å². The molecule has 0 amide bonds. The third-order valence-corrected chi connectivity index (χ3v) is 8.44. The topological polar surface area (TPSA) is 26.3 Å². The van der Waals surface area contributed by atoms with Gasteiger partial charge in [0.2, 0.25) is 0 Å². The van der Waals surface area contributed by atoms with Crippen LogP contribution < -0.4 is 0 Å². The van der Waals surface area contributed by atoms with Gasteiger partial charge in [0.1, 0.15) is 5.78 Å². The fraction of sp³-hybridized carbons (Fsp3) is 0.857. The molecule has 0 aromatic carbocycles. The molecule has 0 N–H and O–H groups in total. The zero-order valence-corrected chi connectivity index (χ0v) is 15.2. The number of hydrogen-bond acceptors (Lipinski definition) is 2. The van der Waals surface area contributed by atoms with Crippen molar-refractivity contribution in [3.8, 4) is 0 Å². The van der Waals surface area contributed by atoms with Gasteiger partial charge >= 0.3 is 0 Å². The molecule has 0 aliphatic heterocycles. The van der Waals surface area contributed by atoms with Crippen molar-refractivity contribution in [1.29, 1.82) is 0 Å². The Labute approximate surface area is 141 Å². The smallest absolute Gasteiger partial charge is 0.139 e. The minimum absolute atomic E-state index is 0.00177. The lowest BCUT2D eigenvalue weighted by Gasteiger charge is -2.58. The maximum Gasteiger partial charge on any atom is 0.139 e. The molecule has 7 atom stereocenters. The molecule has 0 aromatic rings. The van der Waals surface area contributed by atoms with E-state index < -0.39 is 0 Å². The number of hydrogen-bond donors (Lipinski definition) is 0. The molecule has 4 aliphatic carbocycles. The quantitative estimate of drug-likeness (QED) is 0.651. The molecule has 0 spiro atoms. The number of ketones is 1. The Morgan fingerprint density at radius 1 is 1.17 bits per heavy atom. The highest BCUT2D eigenvalue weighted by Gasteiger charge is 2.59. The fourth-order valence-electron chi connectivity index (χ4n) is 7.06. The van der Waals surface area contributed by atoms with Crippen LogP contribution in [0.1, 0.15) is 65.7 Å². The van der Waals surface area contributed by atoms with Gasteiger partial charge in [-0.05, 0) is 67.6 Å². The van der Waals surface area contributed by atoms with E-state index in [1.165, 1.54) is 19.3 Å². The molecule has 0 saturated heterocycles. The Hall–Kier alpha value is -0.630. The van der Waals surface area contributed by atoms with Crippen LogP contribution >= 0.6 is 0 Å². The van der Waals surface area contributed by atoms with Gasteiger partial charge < -0.3 is 4.74 Å². The van der Waals surface area contributed by atoms with E-state index in [9.17, 15) is 4.79 Å². The monoisotopic (exact) mass is 316 g/mol. The third-order valence-electron chi connectivity index (χ3n) is 8.44. The van der Waals surface area contributed by atoms with Gasteiger partial charge in [0.15, 0.2) is 0 Å². The summed E-state index contributed by atoms with van der Waals surface area (Å²) in [7, 11) is 1.87. The number of fused-ring (bicyclic) bond motifs is 5. The molecule has 4 aliphatic rings. The Bertz CT molecular complexity index is 550. The molecule has 0 bridgehead atoms. The second-order valence-electron chi connectivity index (χ2n) is 9.34. The van der Waals surface area contributed by atoms with Crippen molar-refractivity contribution in [2.24, 2.45) is 34.5 Å². The van der Waals surface area contributed by atoms with Gasteiger partial charge in [-0.3, -0.25) is 4.79 Å². The average Bonchev–Trinajstić information content (AvgIpc) is 2.82. The van der Waals surface area contributed by atoms with E-state index in [4.69, 9.17) is 4.74 Å². The number of allylic oxidation sites excluding steroid dienone is 1. The number of methoxy groups -OCH3 is 1. The van der Waals surface area contributed by atoms with Crippen LogP contribution in [-0.4, -0.2) is 19.0 Å². The summed E-state index contributed by atoms with van der Waals surface area (Å²) < 4.78 is 5.75. The van der Waals surface area contributed by atoms with Crippen LogP contribution in [0.3, 0.4) is 0 Å². The van der Waals surface area contributed by atoms with Gasteiger partial charge in [-0.25, -0.2) is 0 Å². The summed E-state index contributed by atoms with van der Waals surface area (Å²) in [6.07, 6.45) is 10.9. The number of carbonyl (C=O) groups is 1. The van der Waals surface area contributed by atoms with E-state index >= 15 is 0 Å². The van der Waals surface area contributed by atoms with Gasteiger partial charge in [-0.2, -0.15) is 0 Å². The fourth-order valence-corrected chi connectivity index (χ4v) is 7.06. The zero-order valence-electron chi connectivity index (χ0n) is 15.2. The SMILES string of the molecule is COC1CC2=CC[C@@H]3[C@@H](CC[C@]4(C)C(=O)CC[C@@H]34)[C@@]2(C)CC1C.